The Hall–Kier alpha value is -2.83. The Kier molecular flexibility index (Phi) is 6.13. The number of Topliss-reactive ketones (excluding diaryl/α,β-unsaturated/α-hetero) is 1. The molecule has 170 valence electrons. The maximum Gasteiger partial charge on any atom is 0.227 e. The highest BCUT2D eigenvalue weighted by Crippen LogP contribution is 2.32. The Labute approximate surface area is 203 Å². The first-order valence-electron chi connectivity index (χ1n) is 11.2. The van der Waals surface area contributed by atoms with E-state index >= 15 is 0 Å². The fourth-order valence-electron chi connectivity index (χ4n) is 4.47. The van der Waals surface area contributed by atoms with Gasteiger partial charge in [-0.2, -0.15) is 4.98 Å². The molecule has 2 aromatic carbocycles. The van der Waals surface area contributed by atoms with Gasteiger partial charge in [0.05, 0.1) is 11.3 Å². The van der Waals surface area contributed by atoms with E-state index in [1.54, 1.807) is 0 Å². The molecule has 1 aliphatic heterocycles. The van der Waals surface area contributed by atoms with Gasteiger partial charge in [-0.25, -0.2) is 4.98 Å². The zero-order chi connectivity index (χ0) is 22.9. The third-order valence-electron chi connectivity index (χ3n) is 6.19. The maximum atomic E-state index is 12.9. The van der Waals surface area contributed by atoms with Crippen LogP contribution in [0, 0.1) is 5.92 Å². The third kappa shape index (κ3) is 4.77. The number of benzene rings is 2. The summed E-state index contributed by atoms with van der Waals surface area (Å²) in [7, 11) is 0. The highest BCUT2D eigenvalue weighted by molar-refractivity contribution is 6.30. The molecule has 1 unspecified atom stereocenters. The van der Waals surface area contributed by atoms with Crippen molar-refractivity contribution in [1.82, 2.24) is 9.97 Å². The van der Waals surface area contributed by atoms with Gasteiger partial charge in [0.2, 0.25) is 5.95 Å². The largest absolute Gasteiger partial charge is 0.368 e. The molecule has 2 heterocycles. The number of fused-ring (bicyclic) bond motifs is 1. The molecule has 1 saturated heterocycles. The van der Waals surface area contributed by atoms with Crippen molar-refractivity contribution >= 4 is 52.1 Å². The minimum Gasteiger partial charge on any atom is -0.368 e. The van der Waals surface area contributed by atoms with Crippen molar-refractivity contribution < 1.29 is 4.79 Å². The van der Waals surface area contributed by atoms with Gasteiger partial charge in [-0.1, -0.05) is 30.1 Å². The monoisotopic (exact) mass is 481 g/mol. The summed E-state index contributed by atoms with van der Waals surface area (Å²) >= 11 is 12.1. The number of carbonyl (C=O) groups is 1. The molecule has 1 atom stereocenters. The van der Waals surface area contributed by atoms with Crippen molar-refractivity contribution in [2.75, 3.05) is 41.3 Å². The van der Waals surface area contributed by atoms with E-state index in [1.165, 1.54) is 0 Å². The van der Waals surface area contributed by atoms with E-state index in [4.69, 9.17) is 33.2 Å². The number of nitrogens with zero attached hydrogens (tertiary/aromatic N) is 4. The average molecular weight is 482 g/mol. The number of anilines is 4. The number of carbonyl (C=O) groups excluding carboxylic acids is 1. The molecular weight excluding hydrogens is 457 g/mol. The van der Waals surface area contributed by atoms with Crippen LogP contribution < -0.4 is 15.1 Å². The van der Waals surface area contributed by atoms with Gasteiger partial charge in [-0.15, -0.1) is 0 Å². The normalized spacial score (nSPS) is 18.3. The van der Waals surface area contributed by atoms with Crippen molar-refractivity contribution in [1.29, 1.82) is 0 Å². The van der Waals surface area contributed by atoms with Crippen LogP contribution in [0.25, 0.3) is 0 Å². The number of hydrogen-bond donors (Lipinski definition) is 1. The van der Waals surface area contributed by atoms with Crippen LogP contribution in [0.3, 0.4) is 0 Å². The number of rotatable bonds is 4. The van der Waals surface area contributed by atoms with Crippen LogP contribution in [0.5, 0.6) is 0 Å². The molecule has 33 heavy (non-hydrogen) atoms. The lowest BCUT2D eigenvalue weighted by Gasteiger charge is -2.36. The lowest BCUT2D eigenvalue weighted by molar-refractivity contribution is 0.0952. The number of aromatic nitrogens is 2. The summed E-state index contributed by atoms with van der Waals surface area (Å²) < 4.78 is 0. The second-order valence-corrected chi connectivity index (χ2v) is 9.59. The molecule has 0 amide bonds. The molecule has 1 aliphatic carbocycles. The lowest BCUT2D eigenvalue weighted by atomic mass is 9.87. The topological polar surface area (TPSA) is 61.4 Å². The average Bonchev–Trinajstić information content (AvgIpc) is 2.80. The molecule has 1 N–H and O–H groups in total. The summed E-state index contributed by atoms with van der Waals surface area (Å²) in [6.07, 6.45) is 1.29. The Morgan fingerprint density at radius 3 is 2.12 bits per heavy atom. The maximum absolute atomic E-state index is 12.9. The SMILES string of the molecule is CC1CC(=O)c2c(nc(N3CCN(c4ccc(Cl)cc4)CC3)nc2Nc2ccc(Cl)cc2)C1. The van der Waals surface area contributed by atoms with Gasteiger partial charge in [0.15, 0.2) is 5.78 Å². The minimum atomic E-state index is 0.0966. The lowest BCUT2D eigenvalue weighted by Crippen LogP contribution is -2.47. The fraction of sp³-hybridized carbons (Fsp3) is 0.320. The van der Waals surface area contributed by atoms with E-state index in [1.807, 2.05) is 36.4 Å². The van der Waals surface area contributed by atoms with Gasteiger partial charge < -0.3 is 15.1 Å². The fourth-order valence-corrected chi connectivity index (χ4v) is 4.73. The van der Waals surface area contributed by atoms with E-state index < -0.39 is 0 Å². The molecule has 0 radical (unpaired) electrons. The summed E-state index contributed by atoms with van der Waals surface area (Å²) in [6.45, 7) is 5.41. The quantitative estimate of drug-likeness (QED) is 0.521. The summed E-state index contributed by atoms with van der Waals surface area (Å²) in [5.41, 5.74) is 3.45. The standard InChI is InChI=1S/C25H25Cl2N5O/c1-16-14-21-23(22(33)15-16)24(28-19-6-2-17(26)3-7-19)30-25(29-21)32-12-10-31(11-13-32)20-8-4-18(27)5-9-20/h2-9,16H,10-15H2,1H3,(H,28,29,30). The zero-order valence-corrected chi connectivity index (χ0v) is 19.9. The van der Waals surface area contributed by atoms with Crippen molar-refractivity contribution in [2.45, 2.75) is 19.8 Å². The third-order valence-corrected chi connectivity index (χ3v) is 6.69. The molecule has 2 aliphatic rings. The summed E-state index contributed by atoms with van der Waals surface area (Å²) in [6, 6.07) is 15.3. The number of ketones is 1. The molecule has 0 bridgehead atoms. The first-order valence-corrected chi connectivity index (χ1v) is 11.9. The van der Waals surface area contributed by atoms with Crippen LogP contribution in [-0.4, -0.2) is 41.9 Å². The predicted molar refractivity (Wildman–Crippen MR) is 134 cm³/mol. The number of piperazine rings is 1. The summed E-state index contributed by atoms with van der Waals surface area (Å²) in [5, 5.41) is 4.75. The van der Waals surface area contributed by atoms with Crippen molar-refractivity contribution in [3.05, 3.63) is 69.8 Å². The molecule has 5 rings (SSSR count). The minimum absolute atomic E-state index is 0.0966. The van der Waals surface area contributed by atoms with E-state index in [-0.39, 0.29) is 11.7 Å². The predicted octanol–water partition coefficient (Wildman–Crippen LogP) is 5.62. The molecule has 6 nitrogen and oxygen atoms in total. The molecule has 3 aromatic rings. The first-order chi connectivity index (χ1) is 16.0. The zero-order valence-electron chi connectivity index (χ0n) is 18.4. The van der Waals surface area contributed by atoms with E-state index in [9.17, 15) is 4.79 Å². The van der Waals surface area contributed by atoms with Crippen molar-refractivity contribution in [3.8, 4) is 0 Å². The van der Waals surface area contributed by atoms with Crippen LogP contribution in [-0.2, 0) is 6.42 Å². The Morgan fingerprint density at radius 2 is 1.45 bits per heavy atom. The highest BCUT2D eigenvalue weighted by atomic mass is 35.5. The molecule has 0 saturated carbocycles. The Morgan fingerprint density at radius 1 is 0.848 bits per heavy atom. The van der Waals surface area contributed by atoms with Gasteiger partial charge in [0, 0.05) is 54.0 Å². The Balaban J connectivity index is 1.42. The van der Waals surface area contributed by atoms with E-state index in [0.717, 1.165) is 54.7 Å². The summed E-state index contributed by atoms with van der Waals surface area (Å²) in [4.78, 5) is 27.1. The first kappa shape index (κ1) is 22.0. The number of halogens is 2. The molecule has 0 spiro atoms. The Bertz CT molecular complexity index is 1160. The van der Waals surface area contributed by atoms with Crippen molar-refractivity contribution in [3.63, 3.8) is 0 Å². The van der Waals surface area contributed by atoms with Gasteiger partial charge >= 0.3 is 0 Å². The van der Waals surface area contributed by atoms with E-state index in [2.05, 4.69) is 34.2 Å². The highest BCUT2D eigenvalue weighted by Gasteiger charge is 2.30. The number of nitrogens with one attached hydrogen (secondary N) is 1. The van der Waals surface area contributed by atoms with Gasteiger partial charge in [0.25, 0.3) is 0 Å². The van der Waals surface area contributed by atoms with Crippen LogP contribution in [0.2, 0.25) is 10.0 Å². The van der Waals surface area contributed by atoms with Gasteiger partial charge in [-0.3, -0.25) is 4.79 Å². The van der Waals surface area contributed by atoms with E-state index in [0.29, 0.717) is 28.8 Å². The summed E-state index contributed by atoms with van der Waals surface area (Å²) in [5.74, 6) is 1.62. The van der Waals surface area contributed by atoms with Gasteiger partial charge in [-0.05, 0) is 60.9 Å². The van der Waals surface area contributed by atoms with Crippen LogP contribution in [0.4, 0.5) is 23.1 Å². The van der Waals surface area contributed by atoms with Crippen LogP contribution >= 0.6 is 23.2 Å². The van der Waals surface area contributed by atoms with Gasteiger partial charge in [0.1, 0.15) is 5.82 Å². The molecule has 8 heteroatoms. The molecular formula is C25H25Cl2N5O. The van der Waals surface area contributed by atoms with Crippen molar-refractivity contribution in [2.24, 2.45) is 5.92 Å². The second-order valence-electron chi connectivity index (χ2n) is 8.71. The number of hydrogen-bond acceptors (Lipinski definition) is 6. The second kappa shape index (κ2) is 9.20. The van der Waals surface area contributed by atoms with Crippen LogP contribution in [0.15, 0.2) is 48.5 Å². The van der Waals surface area contributed by atoms with Crippen LogP contribution in [0.1, 0.15) is 29.4 Å². The molecule has 1 fully saturated rings. The smallest absolute Gasteiger partial charge is 0.227 e. The molecule has 1 aromatic heterocycles.